The Hall–Kier alpha value is -7.45. The van der Waals surface area contributed by atoms with Gasteiger partial charge in [-0.25, -0.2) is 0 Å². The number of guanidine groups is 2. The number of benzene rings is 1. The van der Waals surface area contributed by atoms with Crippen LogP contribution in [0.5, 0.6) is 5.75 Å². The molecule has 0 saturated carbocycles. The second-order valence-corrected chi connectivity index (χ2v) is 20.2. The lowest BCUT2D eigenvalue weighted by Gasteiger charge is -2.28. The summed E-state index contributed by atoms with van der Waals surface area (Å²) in [6.07, 6.45) is 4.04. The van der Waals surface area contributed by atoms with Gasteiger partial charge in [0.1, 0.15) is 54.3 Å². The zero-order chi connectivity index (χ0) is 61.7. The monoisotopic (exact) mass is 1170 g/mol. The van der Waals surface area contributed by atoms with Crippen LogP contribution in [0.2, 0.25) is 0 Å². The van der Waals surface area contributed by atoms with Gasteiger partial charge in [0.05, 0.1) is 13.0 Å². The maximum absolute atomic E-state index is 14.2. The van der Waals surface area contributed by atoms with Crippen LogP contribution in [0.15, 0.2) is 34.3 Å². The second kappa shape index (κ2) is 40.7. The molecule has 1 saturated heterocycles. The Balaban J connectivity index is 2.35. The first kappa shape index (κ1) is 71.7. The van der Waals surface area contributed by atoms with Crippen molar-refractivity contribution >= 4 is 65.1 Å². The number of unbranched alkanes of at least 4 members (excludes halogenated alkanes) is 3. The fourth-order valence-electron chi connectivity index (χ4n) is 8.97. The molecule has 9 amide bonds. The normalized spacial score (nSPS) is 15.0. The lowest BCUT2D eigenvalue weighted by Crippen LogP contribution is -2.58. The van der Waals surface area contributed by atoms with Crippen LogP contribution in [0, 0.1) is 0 Å². The van der Waals surface area contributed by atoms with Crippen molar-refractivity contribution in [3.8, 4) is 5.75 Å². The van der Waals surface area contributed by atoms with Gasteiger partial charge in [0.15, 0.2) is 11.9 Å². The molecule has 31 heteroatoms. The van der Waals surface area contributed by atoms with Crippen molar-refractivity contribution in [3.05, 3.63) is 29.8 Å². The summed E-state index contributed by atoms with van der Waals surface area (Å²) in [5, 5.41) is 33.8. The summed E-state index contributed by atoms with van der Waals surface area (Å²) in [4.78, 5) is 134. The molecule has 31 nitrogen and oxygen atoms in total. The number of aliphatic imine (C=N–C) groups is 2. The number of rotatable bonds is 42. The van der Waals surface area contributed by atoms with Crippen molar-refractivity contribution in [2.75, 3.05) is 59.4 Å². The third kappa shape index (κ3) is 29.4. The zero-order valence-corrected chi connectivity index (χ0v) is 48.0. The first-order chi connectivity index (χ1) is 39.6. The third-order valence-electron chi connectivity index (χ3n) is 13.4. The van der Waals surface area contributed by atoms with Gasteiger partial charge < -0.3 is 104 Å². The lowest BCUT2D eigenvalue weighted by atomic mass is 10.0. The van der Waals surface area contributed by atoms with Gasteiger partial charge in [-0.15, -0.1) is 0 Å². The molecule has 1 heterocycles. The molecule has 1 aromatic rings. The fourth-order valence-corrected chi connectivity index (χ4v) is 8.97. The topological polar surface area (TPSA) is 544 Å². The number of carbonyl (C=O) groups is 9. The van der Waals surface area contributed by atoms with Crippen molar-refractivity contribution in [2.45, 2.75) is 164 Å². The van der Waals surface area contributed by atoms with Crippen molar-refractivity contribution in [1.29, 1.82) is 0 Å². The molecule has 0 spiro atoms. The van der Waals surface area contributed by atoms with E-state index in [2.05, 4.69) is 57.8 Å². The molecule has 0 radical (unpaired) electrons. The van der Waals surface area contributed by atoms with Crippen molar-refractivity contribution in [1.82, 2.24) is 52.8 Å². The number of hydrogen-bond donors (Lipinski definition) is 19. The maximum Gasteiger partial charge on any atom is 0.243 e. The van der Waals surface area contributed by atoms with E-state index < -0.39 is 102 Å². The second-order valence-electron chi connectivity index (χ2n) is 20.2. The van der Waals surface area contributed by atoms with E-state index in [9.17, 15) is 48.3 Å². The summed E-state index contributed by atoms with van der Waals surface area (Å²) in [6, 6.07) is -1.91. The Morgan fingerprint density at radius 3 is 1.43 bits per heavy atom. The molecule has 0 aliphatic carbocycles. The Bertz CT molecular complexity index is 2250. The molecule has 1 fully saturated rings. The summed E-state index contributed by atoms with van der Waals surface area (Å²) >= 11 is 0. The Morgan fingerprint density at radius 2 is 0.988 bits per heavy atom. The maximum atomic E-state index is 14.2. The van der Waals surface area contributed by atoms with Gasteiger partial charge in [-0.05, 0) is 153 Å². The van der Waals surface area contributed by atoms with E-state index >= 15 is 0 Å². The molecule has 1 aliphatic rings. The molecule has 0 bridgehead atoms. The smallest absolute Gasteiger partial charge is 0.243 e. The van der Waals surface area contributed by atoms with E-state index in [0.717, 1.165) is 0 Å². The first-order valence-corrected chi connectivity index (χ1v) is 28.5. The Kier molecular flexibility index (Phi) is 35.1. The van der Waals surface area contributed by atoms with Gasteiger partial charge in [0, 0.05) is 26.7 Å². The van der Waals surface area contributed by atoms with Crippen molar-refractivity contribution < 1.29 is 48.3 Å². The van der Waals surface area contributed by atoms with E-state index in [4.69, 9.17) is 51.6 Å². The first-order valence-electron chi connectivity index (χ1n) is 28.5. The summed E-state index contributed by atoms with van der Waals surface area (Å²) in [5.41, 5.74) is 51.2. The molecule has 1 aliphatic heterocycles. The van der Waals surface area contributed by atoms with Crippen LogP contribution in [0.3, 0.4) is 0 Å². The molecule has 7 atom stereocenters. The number of likely N-dealkylation sites (N-methyl/N-ethyl adjacent to an activating group) is 1. The van der Waals surface area contributed by atoms with Crippen molar-refractivity contribution in [3.63, 3.8) is 0 Å². The van der Waals surface area contributed by atoms with Crippen LogP contribution in [0.1, 0.15) is 115 Å². The van der Waals surface area contributed by atoms with Gasteiger partial charge in [-0.3, -0.25) is 58.5 Å². The molecule has 1 aromatic carbocycles. The highest BCUT2D eigenvalue weighted by Gasteiger charge is 2.37. The average molecular weight is 1170 g/mol. The van der Waals surface area contributed by atoms with Crippen LogP contribution >= 0.6 is 0 Å². The SMILES string of the molecule is CNC(=O)[C@H](CCCNC(N)N)NC(=O)[C@H](CCCCN)NC(=O)[C@H](CCCCN)NC(=O)[C@H](CCCN=C(N)N)NC(=O)CNC(=O)[C@H](CCCN=C(N)N)NC(=O)[C@H](CCCCN)NC(=O)[C@@H]1CCCN1C(=O)Cc1ccc(O)cc1. The number of phenols is 1. The molecule has 28 N–H and O–H groups in total. The van der Waals surface area contributed by atoms with Crippen LogP contribution in [-0.2, 0) is 49.6 Å². The van der Waals surface area contributed by atoms with Gasteiger partial charge in [-0.1, -0.05) is 12.1 Å². The highest BCUT2D eigenvalue weighted by molar-refractivity contribution is 5.97. The minimum Gasteiger partial charge on any atom is -0.508 e. The van der Waals surface area contributed by atoms with E-state index in [1.807, 2.05) is 0 Å². The minimum atomic E-state index is -1.33. The summed E-state index contributed by atoms with van der Waals surface area (Å²) in [7, 11) is 1.42. The molecule has 83 heavy (non-hydrogen) atoms. The number of phenolic OH excluding ortho intramolecular Hbond substituents is 1. The number of likely N-dealkylation sites (tertiary alicyclic amines) is 1. The molecule has 2 rings (SSSR count). The van der Waals surface area contributed by atoms with E-state index in [1.165, 1.54) is 24.1 Å². The van der Waals surface area contributed by atoms with Crippen LogP contribution in [-0.4, -0.2) is 183 Å². The van der Waals surface area contributed by atoms with Crippen molar-refractivity contribution in [2.24, 2.45) is 61.6 Å². The van der Waals surface area contributed by atoms with Gasteiger partial charge in [0.25, 0.3) is 0 Å². The summed E-state index contributed by atoms with van der Waals surface area (Å²) < 4.78 is 0. The number of hydrogen-bond acceptors (Lipinski definition) is 18. The number of aromatic hydroxyl groups is 1. The molecular formula is C52H95N21O10. The molecular weight excluding hydrogens is 1080 g/mol. The summed E-state index contributed by atoms with van der Waals surface area (Å²) in [5.74, 6) is -6.28. The van der Waals surface area contributed by atoms with Crippen LogP contribution in [0.25, 0.3) is 0 Å². The van der Waals surface area contributed by atoms with Crippen LogP contribution in [0.4, 0.5) is 0 Å². The number of amides is 9. The minimum absolute atomic E-state index is 0.0153. The van der Waals surface area contributed by atoms with E-state index in [1.54, 1.807) is 12.1 Å². The zero-order valence-electron chi connectivity index (χ0n) is 48.0. The van der Waals surface area contributed by atoms with E-state index in [0.29, 0.717) is 89.5 Å². The average Bonchev–Trinajstić information content (AvgIpc) is 3.95. The van der Waals surface area contributed by atoms with Gasteiger partial charge in [-0.2, -0.15) is 0 Å². The third-order valence-corrected chi connectivity index (χ3v) is 13.4. The fraction of sp³-hybridized carbons (Fsp3) is 0.673. The van der Waals surface area contributed by atoms with Gasteiger partial charge in [0.2, 0.25) is 53.2 Å². The quantitative estimate of drug-likeness (QED) is 0.0125. The van der Waals surface area contributed by atoms with Gasteiger partial charge >= 0.3 is 0 Å². The predicted octanol–water partition coefficient (Wildman–Crippen LogP) is -6.24. The number of nitrogens with zero attached hydrogens (tertiary/aromatic N) is 3. The molecule has 468 valence electrons. The lowest BCUT2D eigenvalue weighted by molar-refractivity contribution is -0.139. The Labute approximate surface area is 485 Å². The standard InChI is InChI=1S/C52H95N21O10/c1-62-43(77)34(15-8-26-63-50(56)57)68-46(80)37(12-2-5-23-53)71-47(81)38(13-3-6-24-54)70-45(79)36(17-10-28-65-52(60)61)67-41(75)31-66-44(78)35(16-9-27-64-51(58)59)69-48(82)39(14-4-7-25-55)72-49(83)40-18-11-29-73(40)42(76)30-32-19-21-33(74)22-20-32/h19-22,34-40,50,63,74H,2-18,23-31,53-57H2,1H3,(H,62,77)(H,66,78)(H,67,75)(H,68,80)(H,69,82)(H,70,79)(H,71,81)(H,72,83)(H4,58,59,64)(H4,60,61,65)/t34-,35-,36-,37-,38-,39-,40-/m0/s1. The highest BCUT2D eigenvalue weighted by Crippen LogP contribution is 2.21. The number of carbonyl (C=O) groups excluding carboxylic acids is 9. The van der Waals surface area contributed by atoms with E-state index in [-0.39, 0.29) is 101 Å². The largest absolute Gasteiger partial charge is 0.508 e. The van der Waals surface area contributed by atoms with Crippen LogP contribution < -0.4 is 99.5 Å². The predicted molar refractivity (Wildman–Crippen MR) is 313 cm³/mol. The number of nitrogens with two attached hydrogens (primary N) is 9. The molecule has 0 aromatic heterocycles. The number of nitrogens with one attached hydrogen (secondary N) is 9. The Morgan fingerprint density at radius 1 is 0.566 bits per heavy atom. The summed E-state index contributed by atoms with van der Waals surface area (Å²) in [6.45, 7) is 0.985. The molecule has 0 unspecified atom stereocenters. The highest BCUT2D eigenvalue weighted by atomic mass is 16.3.